The quantitative estimate of drug-likeness (QED) is 0.773. The number of rotatable bonds is 2. The summed E-state index contributed by atoms with van der Waals surface area (Å²) in [5.41, 5.74) is 0. The van der Waals surface area contributed by atoms with E-state index in [1.807, 2.05) is 0 Å². The Morgan fingerprint density at radius 1 is 1.40 bits per heavy atom. The number of aromatic nitrogens is 5. The Balaban J connectivity index is 2.24. The van der Waals surface area contributed by atoms with Crippen LogP contribution in [0.25, 0.3) is 0 Å². The van der Waals surface area contributed by atoms with E-state index in [2.05, 4.69) is 36.0 Å². The highest BCUT2D eigenvalue weighted by Crippen LogP contribution is 2.18. The summed E-state index contributed by atoms with van der Waals surface area (Å²) >= 11 is 3.25. The molecule has 0 saturated carbocycles. The van der Waals surface area contributed by atoms with Gasteiger partial charge in [0.1, 0.15) is 16.8 Å². The second-order valence-electron chi connectivity index (χ2n) is 2.88. The van der Waals surface area contributed by atoms with Crippen LogP contribution in [0.3, 0.4) is 0 Å². The normalized spacial score (nSPS) is 10.3. The van der Waals surface area contributed by atoms with Crippen LogP contribution in [-0.2, 0) is 7.05 Å². The smallest absolute Gasteiger partial charge is 0.342 e. The highest BCUT2D eigenvalue weighted by Gasteiger charge is 2.05. The van der Waals surface area contributed by atoms with Gasteiger partial charge in [-0.15, -0.1) is 5.10 Å². The summed E-state index contributed by atoms with van der Waals surface area (Å²) in [5, 5.41) is 3.97. The van der Waals surface area contributed by atoms with Gasteiger partial charge in [0.25, 0.3) is 0 Å². The monoisotopic (exact) mass is 269 g/mol. The van der Waals surface area contributed by atoms with Gasteiger partial charge in [0.15, 0.2) is 0 Å². The molecule has 0 aliphatic heterocycles. The maximum absolute atomic E-state index is 5.34. The molecule has 15 heavy (non-hydrogen) atoms. The zero-order valence-corrected chi connectivity index (χ0v) is 9.76. The lowest BCUT2D eigenvalue weighted by Crippen LogP contribution is -1.95. The Morgan fingerprint density at radius 2 is 2.20 bits per heavy atom. The zero-order chi connectivity index (χ0) is 10.8. The van der Waals surface area contributed by atoms with Gasteiger partial charge in [-0.3, -0.25) is 4.68 Å². The fourth-order valence-corrected chi connectivity index (χ4v) is 1.47. The molecule has 0 aliphatic rings. The number of ether oxygens (including phenoxy) is 1. The molecule has 6 nitrogen and oxygen atoms in total. The molecule has 2 aromatic heterocycles. The van der Waals surface area contributed by atoms with Gasteiger partial charge in [-0.25, -0.2) is 4.98 Å². The van der Waals surface area contributed by atoms with Crippen molar-refractivity contribution in [2.75, 3.05) is 0 Å². The van der Waals surface area contributed by atoms with Crippen LogP contribution in [0.15, 0.2) is 17.0 Å². The lowest BCUT2D eigenvalue weighted by Gasteiger charge is -2.00. The predicted octanol–water partition coefficient (Wildman–Crippen LogP) is 1.47. The highest BCUT2D eigenvalue weighted by atomic mass is 79.9. The molecule has 0 bridgehead atoms. The molecule has 0 aromatic carbocycles. The molecule has 0 saturated heterocycles. The number of halogens is 1. The van der Waals surface area contributed by atoms with Crippen molar-refractivity contribution in [3.8, 4) is 11.9 Å². The Hall–Kier alpha value is -1.50. The van der Waals surface area contributed by atoms with Crippen LogP contribution in [-0.4, -0.2) is 24.7 Å². The van der Waals surface area contributed by atoms with Gasteiger partial charge >= 0.3 is 6.01 Å². The topological polar surface area (TPSA) is 65.7 Å². The van der Waals surface area contributed by atoms with Crippen LogP contribution in [0.2, 0.25) is 0 Å². The molecule has 0 atom stereocenters. The van der Waals surface area contributed by atoms with Gasteiger partial charge in [0.2, 0.25) is 5.88 Å². The summed E-state index contributed by atoms with van der Waals surface area (Å²) in [4.78, 5) is 12.1. The van der Waals surface area contributed by atoms with Crippen LogP contribution >= 0.6 is 15.9 Å². The number of nitrogens with zero attached hydrogens (tertiary/aromatic N) is 5. The average molecular weight is 270 g/mol. The lowest BCUT2D eigenvalue weighted by atomic mass is 10.6. The second-order valence-corrected chi connectivity index (χ2v) is 3.69. The van der Waals surface area contributed by atoms with Crippen molar-refractivity contribution in [3.05, 3.63) is 22.8 Å². The number of hydrogen-bond acceptors (Lipinski definition) is 5. The van der Waals surface area contributed by atoms with Crippen LogP contribution in [0.4, 0.5) is 0 Å². The lowest BCUT2D eigenvalue weighted by molar-refractivity contribution is 0.419. The van der Waals surface area contributed by atoms with E-state index in [1.54, 1.807) is 31.0 Å². The molecular formula is C8H8BrN5O. The summed E-state index contributed by atoms with van der Waals surface area (Å²) in [6.45, 7) is 1.78. The average Bonchev–Trinajstić information content (AvgIpc) is 2.49. The maximum Gasteiger partial charge on any atom is 0.342 e. The van der Waals surface area contributed by atoms with Crippen molar-refractivity contribution in [3.63, 3.8) is 0 Å². The zero-order valence-electron chi connectivity index (χ0n) is 8.18. The third kappa shape index (κ3) is 2.50. The van der Waals surface area contributed by atoms with Crippen molar-refractivity contribution in [1.29, 1.82) is 0 Å². The minimum atomic E-state index is 0.266. The number of hydrogen-bond donors (Lipinski definition) is 0. The van der Waals surface area contributed by atoms with Crippen molar-refractivity contribution in [2.45, 2.75) is 6.92 Å². The van der Waals surface area contributed by atoms with Crippen molar-refractivity contribution in [2.24, 2.45) is 7.05 Å². The van der Waals surface area contributed by atoms with Gasteiger partial charge in [0, 0.05) is 13.1 Å². The van der Waals surface area contributed by atoms with Crippen LogP contribution in [0.1, 0.15) is 5.82 Å². The van der Waals surface area contributed by atoms with Gasteiger partial charge < -0.3 is 4.74 Å². The first-order chi connectivity index (χ1) is 7.13. The molecule has 0 fully saturated rings. The van der Waals surface area contributed by atoms with Crippen molar-refractivity contribution >= 4 is 15.9 Å². The summed E-state index contributed by atoms with van der Waals surface area (Å²) in [5.74, 6) is 1.04. The molecule has 7 heteroatoms. The molecule has 0 amide bonds. The van der Waals surface area contributed by atoms with Crippen LogP contribution < -0.4 is 4.74 Å². The van der Waals surface area contributed by atoms with Crippen molar-refractivity contribution in [1.82, 2.24) is 24.7 Å². The third-order valence-corrected chi connectivity index (χ3v) is 1.96. The fourth-order valence-electron chi connectivity index (χ4n) is 1.02. The van der Waals surface area contributed by atoms with E-state index in [4.69, 9.17) is 4.74 Å². The highest BCUT2D eigenvalue weighted by molar-refractivity contribution is 9.10. The molecule has 0 unspecified atom stereocenters. The molecule has 2 heterocycles. The van der Waals surface area contributed by atoms with E-state index in [-0.39, 0.29) is 6.01 Å². The van der Waals surface area contributed by atoms with Crippen LogP contribution in [0.5, 0.6) is 11.9 Å². The second kappa shape index (κ2) is 3.93. The summed E-state index contributed by atoms with van der Waals surface area (Å²) < 4.78 is 7.56. The Labute approximate surface area is 94.5 Å². The van der Waals surface area contributed by atoms with Gasteiger partial charge in [-0.05, 0) is 22.9 Å². The first-order valence-corrected chi connectivity index (χ1v) is 4.97. The number of aryl methyl sites for hydroxylation is 2. The van der Waals surface area contributed by atoms with Crippen molar-refractivity contribution < 1.29 is 4.74 Å². The van der Waals surface area contributed by atoms with E-state index in [0.717, 1.165) is 0 Å². The molecule has 0 N–H and O–H groups in total. The molecule has 0 radical (unpaired) electrons. The molecule has 0 aliphatic carbocycles. The molecule has 78 valence electrons. The van der Waals surface area contributed by atoms with E-state index >= 15 is 0 Å². The predicted molar refractivity (Wildman–Crippen MR) is 55.5 cm³/mol. The Bertz CT molecular complexity index is 463. The summed E-state index contributed by atoms with van der Waals surface area (Å²) in [6.07, 6.45) is 1.55. The molecule has 0 spiro atoms. The summed E-state index contributed by atoms with van der Waals surface area (Å²) in [6, 6.07) is 1.92. The van der Waals surface area contributed by atoms with E-state index in [1.165, 1.54) is 0 Å². The SMILES string of the molecule is Cc1nc(Br)cc(Oc2ncn(C)n2)n1. The fraction of sp³-hybridized carbons (Fsp3) is 0.250. The van der Waals surface area contributed by atoms with Gasteiger partial charge in [-0.2, -0.15) is 9.97 Å². The Kier molecular flexibility index (Phi) is 2.63. The minimum absolute atomic E-state index is 0.266. The Morgan fingerprint density at radius 3 is 2.80 bits per heavy atom. The van der Waals surface area contributed by atoms with Gasteiger partial charge in [-0.1, -0.05) is 0 Å². The van der Waals surface area contributed by atoms with E-state index in [9.17, 15) is 0 Å². The summed E-state index contributed by atoms with van der Waals surface area (Å²) in [7, 11) is 1.76. The van der Waals surface area contributed by atoms with E-state index < -0.39 is 0 Å². The first kappa shape index (κ1) is 10.0. The minimum Gasteiger partial charge on any atom is -0.404 e. The largest absolute Gasteiger partial charge is 0.404 e. The molecule has 2 rings (SSSR count). The standard InChI is InChI=1S/C8H8BrN5O/c1-5-11-6(9)3-7(12-5)15-8-10-4-14(2)13-8/h3-4H,1-2H3. The molecule has 2 aromatic rings. The first-order valence-electron chi connectivity index (χ1n) is 4.18. The maximum atomic E-state index is 5.34. The third-order valence-electron chi connectivity index (χ3n) is 1.56. The van der Waals surface area contributed by atoms with E-state index in [0.29, 0.717) is 16.3 Å². The molecular weight excluding hydrogens is 262 g/mol. The van der Waals surface area contributed by atoms with Gasteiger partial charge in [0.05, 0.1) is 0 Å². The van der Waals surface area contributed by atoms with Crippen LogP contribution in [0, 0.1) is 6.92 Å².